The molecule has 0 bridgehead atoms. The van der Waals surface area contributed by atoms with E-state index in [1.54, 1.807) is 17.6 Å². The average Bonchev–Trinajstić information content (AvgIpc) is 3.35. The van der Waals surface area contributed by atoms with Crippen LogP contribution in [0.4, 0.5) is 10.8 Å². The molecule has 1 N–H and O–H groups in total. The first-order valence-electron chi connectivity index (χ1n) is 7.92. The number of thiazole rings is 1. The number of anilines is 2. The van der Waals surface area contributed by atoms with E-state index in [0.717, 1.165) is 40.8 Å². The van der Waals surface area contributed by atoms with Crippen LogP contribution in [-0.2, 0) is 11.3 Å². The van der Waals surface area contributed by atoms with Crippen molar-refractivity contribution in [2.45, 2.75) is 19.4 Å². The van der Waals surface area contributed by atoms with Gasteiger partial charge in [-0.05, 0) is 30.7 Å². The lowest BCUT2D eigenvalue weighted by Crippen LogP contribution is -2.23. The zero-order chi connectivity index (χ0) is 16.4. The van der Waals surface area contributed by atoms with Crippen molar-refractivity contribution in [3.63, 3.8) is 0 Å². The van der Waals surface area contributed by atoms with Crippen LogP contribution in [0, 0.1) is 0 Å². The monoisotopic (exact) mass is 339 g/mol. The number of carbonyl (C=O) groups is 1. The molecule has 1 amide bonds. The van der Waals surface area contributed by atoms with Crippen LogP contribution >= 0.6 is 11.3 Å². The predicted molar refractivity (Wildman–Crippen MR) is 95.2 cm³/mol. The van der Waals surface area contributed by atoms with Gasteiger partial charge < -0.3 is 14.6 Å². The molecule has 1 fully saturated rings. The molecule has 0 atom stereocenters. The van der Waals surface area contributed by atoms with E-state index in [9.17, 15) is 4.79 Å². The zero-order valence-electron chi connectivity index (χ0n) is 13.1. The van der Waals surface area contributed by atoms with Crippen molar-refractivity contribution in [1.82, 2.24) is 4.98 Å². The molecule has 0 aliphatic carbocycles. The molecule has 0 unspecified atom stereocenters. The lowest BCUT2D eigenvalue weighted by atomic mass is 10.1. The van der Waals surface area contributed by atoms with E-state index in [0.29, 0.717) is 13.0 Å². The van der Waals surface area contributed by atoms with Gasteiger partial charge in [-0.1, -0.05) is 12.1 Å². The molecule has 6 heteroatoms. The van der Waals surface area contributed by atoms with Gasteiger partial charge in [0.05, 0.1) is 18.5 Å². The third-order valence-corrected chi connectivity index (χ3v) is 4.85. The van der Waals surface area contributed by atoms with E-state index >= 15 is 0 Å². The Morgan fingerprint density at radius 2 is 2.12 bits per heavy atom. The maximum atomic E-state index is 11.8. The number of nitrogens with zero attached hydrogens (tertiary/aromatic N) is 2. The highest BCUT2D eigenvalue weighted by Crippen LogP contribution is 2.28. The molecule has 5 nitrogen and oxygen atoms in total. The van der Waals surface area contributed by atoms with Gasteiger partial charge in [0, 0.05) is 29.6 Å². The fourth-order valence-electron chi connectivity index (χ4n) is 2.80. The largest absolute Gasteiger partial charge is 0.467 e. The van der Waals surface area contributed by atoms with Gasteiger partial charge in [0.25, 0.3) is 0 Å². The van der Waals surface area contributed by atoms with E-state index in [2.05, 4.69) is 10.3 Å². The second-order valence-electron chi connectivity index (χ2n) is 5.67. The van der Waals surface area contributed by atoms with Crippen LogP contribution in [0.1, 0.15) is 18.6 Å². The van der Waals surface area contributed by atoms with Crippen LogP contribution in [0.2, 0.25) is 0 Å². The third-order valence-electron chi connectivity index (χ3n) is 4.05. The van der Waals surface area contributed by atoms with Gasteiger partial charge in [0.15, 0.2) is 5.13 Å². The number of aromatic nitrogens is 1. The Hall–Kier alpha value is -2.60. The molecular weight excluding hydrogens is 322 g/mol. The highest BCUT2D eigenvalue weighted by molar-refractivity contribution is 7.14. The summed E-state index contributed by atoms with van der Waals surface area (Å²) in [5.41, 5.74) is 2.95. The number of nitrogens with one attached hydrogen (secondary N) is 1. The SMILES string of the molecule is O=C1CCCN1c1ccc(-c2csc(NCc3ccco3)n2)cc1. The Morgan fingerprint density at radius 1 is 1.25 bits per heavy atom. The minimum atomic E-state index is 0.209. The minimum Gasteiger partial charge on any atom is -0.467 e. The summed E-state index contributed by atoms with van der Waals surface area (Å²) in [6, 6.07) is 11.8. The number of benzene rings is 1. The van der Waals surface area contributed by atoms with Gasteiger partial charge in [-0.15, -0.1) is 11.3 Å². The van der Waals surface area contributed by atoms with Crippen LogP contribution in [0.5, 0.6) is 0 Å². The molecule has 122 valence electrons. The summed E-state index contributed by atoms with van der Waals surface area (Å²) in [7, 11) is 0. The first-order chi connectivity index (χ1) is 11.8. The molecule has 1 saturated heterocycles. The number of amides is 1. The molecule has 3 aromatic rings. The van der Waals surface area contributed by atoms with Crippen LogP contribution < -0.4 is 10.2 Å². The van der Waals surface area contributed by atoms with Gasteiger partial charge in [-0.25, -0.2) is 4.98 Å². The molecule has 0 spiro atoms. The van der Waals surface area contributed by atoms with Crippen molar-refractivity contribution in [3.05, 3.63) is 53.8 Å². The van der Waals surface area contributed by atoms with E-state index in [-0.39, 0.29) is 5.91 Å². The Morgan fingerprint density at radius 3 is 2.83 bits per heavy atom. The summed E-state index contributed by atoms with van der Waals surface area (Å²) in [4.78, 5) is 18.3. The molecule has 1 aromatic carbocycles. The van der Waals surface area contributed by atoms with Crippen molar-refractivity contribution >= 4 is 28.1 Å². The second kappa shape index (κ2) is 6.49. The molecule has 2 aromatic heterocycles. The predicted octanol–water partition coefficient (Wildman–Crippen LogP) is 4.14. The highest BCUT2D eigenvalue weighted by Gasteiger charge is 2.21. The van der Waals surface area contributed by atoms with E-state index in [4.69, 9.17) is 4.42 Å². The third kappa shape index (κ3) is 3.05. The lowest BCUT2D eigenvalue weighted by molar-refractivity contribution is -0.117. The summed E-state index contributed by atoms with van der Waals surface area (Å²) in [6.45, 7) is 1.44. The molecule has 3 heterocycles. The van der Waals surface area contributed by atoms with E-state index < -0.39 is 0 Å². The molecule has 0 saturated carbocycles. The standard InChI is InChI=1S/C18H17N3O2S/c22-17-4-1-9-21(17)14-7-5-13(6-8-14)16-12-24-18(20-16)19-11-15-3-2-10-23-15/h2-3,5-8,10,12H,1,4,9,11H2,(H,19,20). The van der Waals surface area contributed by atoms with Gasteiger partial charge >= 0.3 is 0 Å². The number of furan rings is 1. The van der Waals surface area contributed by atoms with E-state index in [1.165, 1.54) is 0 Å². The first-order valence-corrected chi connectivity index (χ1v) is 8.80. The maximum absolute atomic E-state index is 11.8. The van der Waals surface area contributed by atoms with Crippen LogP contribution in [-0.4, -0.2) is 17.4 Å². The van der Waals surface area contributed by atoms with Crippen molar-refractivity contribution in [2.24, 2.45) is 0 Å². The first kappa shape index (κ1) is 15.0. The molecule has 0 radical (unpaired) electrons. The Bertz CT molecular complexity index is 824. The minimum absolute atomic E-state index is 0.209. The van der Waals surface area contributed by atoms with E-state index in [1.807, 2.05) is 46.7 Å². The van der Waals surface area contributed by atoms with Crippen LogP contribution in [0.15, 0.2) is 52.5 Å². The van der Waals surface area contributed by atoms with Gasteiger partial charge in [-0.2, -0.15) is 0 Å². The molecule has 24 heavy (non-hydrogen) atoms. The quantitative estimate of drug-likeness (QED) is 0.759. The van der Waals surface area contributed by atoms with Gasteiger partial charge in [-0.3, -0.25) is 4.79 Å². The van der Waals surface area contributed by atoms with Crippen LogP contribution in [0.3, 0.4) is 0 Å². The second-order valence-corrected chi connectivity index (χ2v) is 6.52. The maximum Gasteiger partial charge on any atom is 0.227 e. The van der Waals surface area contributed by atoms with Gasteiger partial charge in [0.1, 0.15) is 5.76 Å². The molecule has 4 rings (SSSR count). The van der Waals surface area contributed by atoms with Crippen molar-refractivity contribution in [3.8, 4) is 11.3 Å². The summed E-state index contributed by atoms with van der Waals surface area (Å²) < 4.78 is 5.30. The van der Waals surface area contributed by atoms with Crippen LogP contribution in [0.25, 0.3) is 11.3 Å². The average molecular weight is 339 g/mol. The fourth-order valence-corrected chi connectivity index (χ4v) is 3.52. The normalized spacial score (nSPS) is 14.3. The number of rotatable bonds is 5. The summed E-state index contributed by atoms with van der Waals surface area (Å²) in [5.74, 6) is 1.09. The summed E-state index contributed by atoms with van der Waals surface area (Å²) in [5, 5.41) is 6.15. The van der Waals surface area contributed by atoms with Gasteiger partial charge in [0.2, 0.25) is 5.91 Å². The molecular formula is C18H17N3O2S. The number of carbonyl (C=O) groups excluding carboxylic acids is 1. The number of hydrogen-bond donors (Lipinski definition) is 1. The fraction of sp³-hybridized carbons (Fsp3) is 0.222. The van der Waals surface area contributed by atoms with Crippen molar-refractivity contribution < 1.29 is 9.21 Å². The Balaban J connectivity index is 1.45. The summed E-state index contributed by atoms with van der Waals surface area (Å²) >= 11 is 1.57. The smallest absolute Gasteiger partial charge is 0.227 e. The van der Waals surface area contributed by atoms with Crippen molar-refractivity contribution in [1.29, 1.82) is 0 Å². The Labute approximate surface area is 143 Å². The lowest BCUT2D eigenvalue weighted by Gasteiger charge is -2.15. The number of hydrogen-bond acceptors (Lipinski definition) is 5. The summed E-state index contributed by atoms with van der Waals surface area (Å²) in [6.07, 6.45) is 3.26. The highest BCUT2D eigenvalue weighted by atomic mass is 32.1. The Kier molecular flexibility index (Phi) is 4.04. The topological polar surface area (TPSA) is 58.4 Å². The molecule has 1 aliphatic heterocycles. The van der Waals surface area contributed by atoms with Crippen molar-refractivity contribution in [2.75, 3.05) is 16.8 Å². The zero-order valence-corrected chi connectivity index (χ0v) is 13.9. The molecule has 1 aliphatic rings.